The first-order valence-electron chi connectivity index (χ1n) is 8.14. The Balaban J connectivity index is 1.66. The van der Waals surface area contributed by atoms with Gasteiger partial charge in [-0.3, -0.25) is 10.1 Å². The summed E-state index contributed by atoms with van der Waals surface area (Å²) in [4.78, 5) is 30.5. The average molecular weight is 404 g/mol. The number of hydrogen-bond donors (Lipinski definition) is 0. The lowest BCUT2D eigenvalue weighted by Gasteiger charge is -2.06. The minimum Gasteiger partial charge on any atom is -0.478 e. The SMILES string of the molecule is CCOc1ccc(Cl)c(C(=O)OCc2cnc(-c3ccc([N+](=O)[O-])cc3)o2)n1. The molecule has 144 valence electrons. The molecule has 0 radical (unpaired) electrons. The highest BCUT2D eigenvalue weighted by Gasteiger charge is 2.17. The van der Waals surface area contributed by atoms with E-state index in [0.29, 0.717) is 17.9 Å². The molecule has 0 amide bonds. The third-order valence-electron chi connectivity index (χ3n) is 3.53. The number of nitrogens with zero attached hydrogens (tertiary/aromatic N) is 3. The largest absolute Gasteiger partial charge is 0.478 e. The van der Waals surface area contributed by atoms with Crippen LogP contribution in [-0.4, -0.2) is 27.5 Å². The van der Waals surface area contributed by atoms with Crippen LogP contribution in [0.25, 0.3) is 11.5 Å². The van der Waals surface area contributed by atoms with Gasteiger partial charge in [-0.1, -0.05) is 11.6 Å². The molecule has 10 heteroatoms. The smallest absolute Gasteiger partial charge is 0.359 e. The van der Waals surface area contributed by atoms with Crippen LogP contribution in [-0.2, 0) is 11.3 Å². The first-order chi connectivity index (χ1) is 13.5. The van der Waals surface area contributed by atoms with Crippen LogP contribution >= 0.6 is 11.6 Å². The Hall–Kier alpha value is -3.46. The Morgan fingerprint density at radius 1 is 1.25 bits per heavy atom. The monoisotopic (exact) mass is 403 g/mol. The molecule has 0 atom stereocenters. The number of pyridine rings is 1. The number of rotatable bonds is 7. The van der Waals surface area contributed by atoms with Crippen LogP contribution in [0.3, 0.4) is 0 Å². The maximum atomic E-state index is 12.2. The van der Waals surface area contributed by atoms with Gasteiger partial charge in [0.05, 0.1) is 22.7 Å². The van der Waals surface area contributed by atoms with Crippen molar-refractivity contribution in [1.82, 2.24) is 9.97 Å². The Bertz CT molecular complexity index is 1000. The number of oxazole rings is 1. The van der Waals surface area contributed by atoms with Crippen LogP contribution in [0.2, 0.25) is 5.02 Å². The summed E-state index contributed by atoms with van der Waals surface area (Å²) < 4.78 is 15.9. The zero-order valence-electron chi connectivity index (χ0n) is 14.6. The van der Waals surface area contributed by atoms with E-state index in [1.54, 1.807) is 13.0 Å². The Labute approximate surface area is 164 Å². The lowest BCUT2D eigenvalue weighted by molar-refractivity contribution is -0.384. The summed E-state index contributed by atoms with van der Waals surface area (Å²) in [5.41, 5.74) is 0.447. The number of non-ortho nitro benzene ring substituents is 1. The minimum absolute atomic E-state index is 0.0388. The van der Waals surface area contributed by atoms with Gasteiger partial charge in [0, 0.05) is 23.8 Å². The maximum Gasteiger partial charge on any atom is 0.359 e. The standard InChI is InChI=1S/C18H14ClN3O6/c1-2-26-15-8-7-14(19)16(21-15)18(23)27-10-13-9-20-17(28-13)11-3-5-12(6-4-11)22(24)25/h3-9H,2,10H2,1H3. The van der Waals surface area contributed by atoms with Gasteiger partial charge < -0.3 is 13.9 Å². The fraction of sp³-hybridized carbons (Fsp3) is 0.167. The third kappa shape index (κ3) is 4.44. The second kappa shape index (κ2) is 8.49. The highest BCUT2D eigenvalue weighted by Crippen LogP contribution is 2.23. The van der Waals surface area contributed by atoms with E-state index in [4.69, 9.17) is 25.5 Å². The number of carbonyl (C=O) groups is 1. The molecule has 0 fully saturated rings. The predicted molar refractivity (Wildman–Crippen MR) is 98.1 cm³/mol. The van der Waals surface area contributed by atoms with E-state index < -0.39 is 10.9 Å². The number of benzene rings is 1. The summed E-state index contributed by atoms with van der Waals surface area (Å²) in [6, 6.07) is 8.77. The molecule has 0 N–H and O–H groups in total. The molecule has 28 heavy (non-hydrogen) atoms. The molecule has 2 aromatic heterocycles. The van der Waals surface area contributed by atoms with Crippen LogP contribution in [0.1, 0.15) is 23.2 Å². The molecule has 0 aliphatic heterocycles. The van der Waals surface area contributed by atoms with Gasteiger partial charge in [0.1, 0.15) is 0 Å². The van der Waals surface area contributed by atoms with Crippen molar-refractivity contribution in [2.24, 2.45) is 0 Å². The second-order valence-electron chi connectivity index (χ2n) is 5.42. The third-order valence-corrected chi connectivity index (χ3v) is 3.84. The first kappa shape index (κ1) is 19.3. The van der Waals surface area contributed by atoms with Gasteiger partial charge in [-0.2, -0.15) is 0 Å². The van der Waals surface area contributed by atoms with Crippen LogP contribution in [0.15, 0.2) is 47.0 Å². The van der Waals surface area contributed by atoms with E-state index in [-0.39, 0.29) is 34.8 Å². The number of nitro groups is 1. The zero-order chi connectivity index (χ0) is 20.1. The van der Waals surface area contributed by atoms with Gasteiger partial charge in [-0.25, -0.2) is 14.8 Å². The molecule has 0 saturated heterocycles. The molecule has 0 unspecified atom stereocenters. The van der Waals surface area contributed by atoms with Crippen molar-refractivity contribution in [3.05, 3.63) is 69.2 Å². The molecule has 1 aromatic carbocycles. The van der Waals surface area contributed by atoms with Crippen LogP contribution in [0.4, 0.5) is 5.69 Å². The molecule has 0 saturated carbocycles. The number of halogens is 1. The molecule has 0 spiro atoms. The quantitative estimate of drug-likeness (QED) is 0.329. The zero-order valence-corrected chi connectivity index (χ0v) is 15.4. The number of nitro benzene ring substituents is 1. The highest BCUT2D eigenvalue weighted by atomic mass is 35.5. The fourth-order valence-electron chi connectivity index (χ4n) is 2.23. The molecular weight excluding hydrogens is 390 g/mol. The van der Waals surface area contributed by atoms with Crippen LogP contribution < -0.4 is 4.74 Å². The molecule has 3 aromatic rings. The highest BCUT2D eigenvalue weighted by molar-refractivity contribution is 6.33. The maximum absolute atomic E-state index is 12.2. The molecule has 0 aliphatic carbocycles. The molecule has 0 aliphatic rings. The summed E-state index contributed by atoms with van der Waals surface area (Å²) >= 11 is 5.99. The van der Waals surface area contributed by atoms with Gasteiger partial charge in [-0.15, -0.1) is 0 Å². The summed E-state index contributed by atoms with van der Waals surface area (Å²) in [7, 11) is 0. The number of ether oxygens (including phenoxy) is 2. The van der Waals surface area contributed by atoms with Crippen molar-refractivity contribution in [3.8, 4) is 17.3 Å². The lowest BCUT2D eigenvalue weighted by Crippen LogP contribution is -2.09. The number of esters is 1. The van der Waals surface area contributed by atoms with Gasteiger partial charge >= 0.3 is 5.97 Å². The Morgan fingerprint density at radius 2 is 2.00 bits per heavy atom. The molecule has 0 bridgehead atoms. The van der Waals surface area contributed by atoms with Crippen LogP contribution in [0.5, 0.6) is 5.88 Å². The van der Waals surface area contributed by atoms with E-state index >= 15 is 0 Å². The average Bonchev–Trinajstić information content (AvgIpc) is 3.17. The van der Waals surface area contributed by atoms with Crippen molar-refractivity contribution in [2.75, 3.05) is 6.61 Å². The summed E-state index contributed by atoms with van der Waals surface area (Å²) in [5, 5.41) is 10.8. The number of aromatic nitrogens is 2. The first-order valence-corrected chi connectivity index (χ1v) is 8.51. The lowest BCUT2D eigenvalue weighted by atomic mass is 10.2. The Morgan fingerprint density at radius 3 is 2.68 bits per heavy atom. The van der Waals surface area contributed by atoms with Crippen LogP contribution in [0, 0.1) is 10.1 Å². The topological polar surface area (TPSA) is 118 Å². The molecular formula is C18H14ClN3O6. The summed E-state index contributed by atoms with van der Waals surface area (Å²) in [6.07, 6.45) is 1.40. The number of carbonyl (C=O) groups excluding carboxylic acids is 1. The van der Waals surface area contributed by atoms with E-state index in [1.807, 2.05) is 0 Å². The van der Waals surface area contributed by atoms with Crippen molar-refractivity contribution in [3.63, 3.8) is 0 Å². The fourth-order valence-corrected chi connectivity index (χ4v) is 2.42. The predicted octanol–water partition coefficient (Wildman–Crippen LogP) is 4.05. The molecule has 9 nitrogen and oxygen atoms in total. The molecule has 3 rings (SSSR count). The summed E-state index contributed by atoms with van der Waals surface area (Å²) in [5.74, 6) is 0.0630. The second-order valence-corrected chi connectivity index (χ2v) is 5.83. The van der Waals surface area contributed by atoms with Gasteiger partial charge in [0.25, 0.3) is 5.69 Å². The van der Waals surface area contributed by atoms with E-state index in [0.717, 1.165) is 0 Å². The minimum atomic E-state index is -0.736. The normalized spacial score (nSPS) is 10.5. The van der Waals surface area contributed by atoms with Gasteiger partial charge in [0.2, 0.25) is 11.8 Å². The van der Waals surface area contributed by atoms with Crippen molar-refractivity contribution in [1.29, 1.82) is 0 Å². The van der Waals surface area contributed by atoms with E-state index in [2.05, 4.69) is 9.97 Å². The molecule has 2 heterocycles. The summed E-state index contributed by atoms with van der Waals surface area (Å²) in [6.45, 7) is 2.00. The van der Waals surface area contributed by atoms with Crippen molar-refractivity contribution >= 4 is 23.3 Å². The van der Waals surface area contributed by atoms with Gasteiger partial charge in [-0.05, 0) is 25.1 Å². The van der Waals surface area contributed by atoms with Crippen molar-refractivity contribution in [2.45, 2.75) is 13.5 Å². The van der Waals surface area contributed by atoms with E-state index in [9.17, 15) is 14.9 Å². The van der Waals surface area contributed by atoms with E-state index in [1.165, 1.54) is 36.5 Å². The van der Waals surface area contributed by atoms with Gasteiger partial charge in [0.15, 0.2) is 18.1 Å². The van der Waals surface area contributed by atoms with Crippen molar-refractivity contribution < 1.29 is 23.6 Å². The number of hydrogen-bond acceptors (Lipinski definition) is 8. The Kier molecular flexibility index (Phi) is 5.85.